The first-order valence-corrected chi connectivity index (χ1v) is 11.8. The van der Waals surface area contributed by atoms with Gasteiger partial charge in [-0.05, 0) is 37.6 Å². The Morgan fingerprint density at radius 2 is 2.03 bits per heavy atom. The van der Waals surface area contributed by atoms with Gasteiger partial charge in [0.05, 0.1) is 24.1 Å². The zero-order valence-corrected chi connectivity index (χ0v) is 19.1. The number of carbonyl (C=O) groups is 1. The monoisotopic (exact) mass is 444 g/mol. The number of amides is 1. The molecule has 0 unspecified atom stereocenters. The van der Waals surface area contributed by atoms with Crippen molar-refractivity contribution in [2.45, 2.75) is 33.1 Å². The zero-order chi connectivity index (χ0) is 22.6. The van der Waals surface area contributed by atoms with Gasteiger partial charge in [-0.2, -0.15) is 5.10 Å². The lowest BCUT2D eigenvalue weighted by molar-refractivity contribution is -0.114. The Bertz CT molecular complexity index is 1220. The predicted molar refractivity (Wildman–Crippen MR) is 122 cm³/mol. The highest BCUT2D eigenvalue weighted by Crippen LogP contribution is 2.28. The summed E-state index contributed by atoms with van der Waals surface area (Å²) < 4.78 is 35.3. The molecule has 8 nitrogen and oxygen atoms in total. The molecule has 2 heterocycles. The van der Waals surface area contributed by atoms with Crippen LogP contribution in [0.25, 0.3) is 22.8 Å². The normalized spacial score (nSPS) is 12.0. The molecule has 1 amide bonds. The molecule has 3 rings (SSSR count). The highest BCUT2D eigenvalue weighted by atomic mass is 32.2. The van der Waals surface area contributed by atoms with Crippen LogP contribution in [0.3, 0.4) is 0 Å². The summed E-state index contributed by atoms with van der Waals surface area (Å²) in [5.74, 6) is 0.755. The third-order valence-electron chi connectivity index (χ3n) is 5.04. The summed E-state index contributed by atoms with van der Waals surface area (Å²) >= 11 is 0. The summed E-state index contributed by atoms with van der Waals surface area (Å²) in [6, 6.07) is 7.79. The van der Waals surface area contributed by atoms with Crippen molar-refractivity contribution in [3.63, 3.8) is 0 Å². The van der Waals surface area contributed by atoms with Crippen molar-refractivity contribution in [3.05, 3.63) is 47.8 Å². The van der Waals surface area contributed by atoms with Gasteiger partial charge in [-0.25, -0.2) is 13.1 Å². The van der Waals surface area contributed by atoms with Gasteiger partial charge in [-0.1, -0.05) is 19.8 Å². The molecule has 0 fully saturated rings. The van der Waals surface area contributed by atoms with Gasteiger partial charge in [0.1, 0.15) is 11.6 Å². The number of unbranched alkanes of at least 4 members (excludes halogenated alkanes) is 2. The molecule has 0 saturated carbocycles. The number of nitrogens with zero attached hydrogens (tertiary/aromatic N) is 3. The molecule has 3 aromatic rings. The first kappa shape index (κ1) is 22.6. The Balaban J connectivity index is 1.90. The first-order valence-electron chi connectivity index (χ1n) is 10.2. The van der Waals surface area contributed by atoms with Crippen molar-refractivity contribution in [3.8, 4) is 11.6 Å². The Morgan fingerprint density at radius 3 is 2.74 bits per heavy atom. The molecule has 166 valence electrons. The second-order valence-electron chi connectivity index (χ2n) is 7.38. The van der Waals surface area contributed by atoms with Gasteiger partial charge in [0, 0.05) is 36.3 Å². The number of nitrogens with one attached hydrogen (secondary N) is 1. The number of methoxy groups -OCH3 is 1. The molecule has 0 spiro atoms. The molecule has 0 saturated heterocycles. The molecule has 31 heavy (non-hydrogen) atoms. The lowest BCUT2D eigenvalue weighted by Crippen LogP contribution is -2.31. The van der Waals surface area contributed by atoms with E-state index in [-0.39, 0.29) is 5.75 Å². The molecule has 0 bridgehead atoms. The van der Waals surface area contributed by atoms with E-state index < -0.39 is 15.9 Å². The molecule has 0 radical (unpaired) electrons. The molecule has 1 N–H and O–H groups in total. The summed E-state index contributed by atoms with van der Waals surface area (Å²) in [6.45, 7) is 3.83. The number of benzene rings is 1. The fourth-order valence-corrected chi connectivity index (χ4v) is 4.56. The maximum Gasteiger partial charge on any atom is 0.257 e. The van der Waals surface area contributed by atoms with Crippen LogP contribution in [-0.4, -0.2) is 41.5 Å². The standard InChI is InChI=1S/C22H28N4O4S/c1-5-6-7-14-31(28,29)24-21(27)11-10-19-16(2)23-25(3)22(19)26-13-12-17-8-9-18(30-4)15-20(17)26/h8-13,15H,5-7,14H2,1-4H3,(H,24,27). The SMILES string of the molecule is CCCCCS(=O)(=O)NC(=O)C=Cc1c(C)nn(C)c1-n1ccc2ccc(OC)cc21. The molecular weight excluding hydrogens is 416 g/mol. The number of carbonyl (C=O) groups excluding carboxylic acids is 1. The van der Waals surface area contributed by atoms with Gasteiger partial charge >= 0.3 is 0 Å². The molecule has 0 aliphatic rings. The minimum atomic E-state index is -3.64. The van der Waals surface area contributed by atoms with E-state index >= 15 is 0 Å². The Morgan fingerprint density at radius 1 is 1.26 bits per heavy atom. The number of aromatic nitrogens is 3. The number of hydrogen-bond donors (Lipinski definition) is 1. The number of hydrogen-bond acceptors (Lipinski definition) is 5. The van der Waals surface area contributed by atoms with Gasteiger partial charge in [0.25, 0.3) is 5.91 Å². The van der Waals surface area contributed by atoms with Crippen molar-refractivity contribution in [2.75, 3.05) is 12.9 Å². The summed E-state index contributed by atoms with van der Waals surface area (Å²) in [5, 5.41) is 5.52. The highest BCUT2D eigenvalue weighted by Gasteiger charge is 2.17. The average Bonchev–Trinajstić information content (AvgIpc) is 3.24. The van der Waals surface area contributed by atoms with Gasteiger partial charge in [-0.15, -0.1) is 0 Å². The van der Waals surface area contributed by atoms with Crippen molar-refractivity contribution in [1.29, 1.82) is 0 Å². The number of fused-ring (bicyclic) bond motifs is 1. The van der Waals surface area contributed by atoms with E-state index in [0.717, 1.165) is 46.6 Å². The summed E-state index contributed by atoms with van der Waals surface area (Å²) in [5.41, 5.74) is 2.37. The minimum absolute atomic E-state index is 0.0607. The van der Waals surface area contributed by atoms with E-state index in [1.54, 1.807) is 17.9 Å². The van der Waals surface area contributed by atoms with Crippen LogP contribution in [0.5, 0.6) is 5.75 Å². The molecule has 1 aromatic carbocycles. The maximum absolute atomic E-state index is 12.2. The Hall–Kier alpha value is -3.07. The first-order chi connectivity index (χ1) is 14.8. The van der Waals surface area contributed by atoms with E-state index in [1.807, 2.05) is 55.9 Å². The van der Waals surface area contributed by atoms with Gasteiger partial charge in [0.15, 0.2) is 0 Å². The smallest absolute Gasteiger partial charge is 0.257 e. The van der Waals surface area contributed by atoms with Crippen LogP contribution in [0, 0.1) is 6.92 Å². The van der Waals surface area contributed by atoms with Gasteiger partial charge in [0.2, 0.25) is 10.0 Å². The largest absolute Gasteiger partial charge is 0.497 e. The predicted octanol–water partition coefficient (Wildman–Crippen LogP) is 3.33. The molecular formula is C22H28N4O4S. The second-order valence-corrected chi connectivity index (χ2v) is 9.22. The molecule has 0 atom stereocenters. The highest BCUT2D eigenvalue weighted by molar-refractivity contribution is 7.90. The van der Waals surface area contributed by atoms with Gasteiger partial charge in [-0.3, -0.25) is 9.48 Å². The molecule has 0 aliphatic carbocycles. The van der Waals surface area contributed by atoms with Gasteiger partial charge < -0.3 is 9.30 Å². The fourth-order valence-electron chi connectivity index (χ4n) is 3.50. The number of ether oxygens (including phenoxy) is 1. The van der Waals surface area contributed by atoms with Crippen molar-refractivity contribution >= 4 is 32.9 Å². The number of aryl methyl sites for hydroxylation is 2. The third-order valence-corrected chi connectivity index (χ3v) is 6.38. The van der Waals surface area contributed by atoms with E-state index in [2.05, 4.69) is 9.82 Å². The summed E-state index contributed by atoms with van der Waals surface area (Å²) in [6.07, 6.45) is 7.00. The Labute approximate surface area is 182 Å². The third kappa shape index (κ3) is 5.16. The summed E-state index contributed by atoms with van der Waals surface area (Å²) in [4.78, 5) is 12.2. The van der Waals surface area contributed by atoms with Crippen molar-refractivity contribution in [1.82, 2.24) is 19.1 Å². The molecule has 0 aliphatic heterocycles. The average molecular weight is 445 g/mol. The quantitative estimate of drug-likeness (QED) is 0.403. The second kappa shape index (κ2) is 9.38. The maximum atomic E-state index is 12.2. The molecule has 2 aromatic heterocycles. The van der Waals surface area contributed by atoms with E-state index in [9.17, 15) is 13.2 Å². The van der Waals surface area contributed by atoms with Crippen LogP contribution < -0.4 is 9.46 Å². The van der Waals surface area contributed by atoms with Crippen LogP contribution in [0.2, 0.25) is 0 Å². The topological polar surface area (TPSA) is 95.2 Å². The van der Waals surface area contributed by atoms with Crippen LogP contribution in [-0.2, 0) is 21.9 Å². The Kier molecular flexibility index (Phi) is 6.84. The summed E-state index contributed by atoms with van der Waals surface area (Å²) in [7, 11) is -0.203. The minimum Gasteiger partial charge on any atom is -0.497 e. The zero-order valence-electron chi connectivity index (χ0n) is 18.3. The lowest BCUT2D eigenvalue weighted by atomic mass is 10.2. The van der Waals surface area contributed by atoms with Crippen molar-refractivity contribution in [2.24, 2.45) is 7.05 Å². The van der Waals surface area contributed by atoms with Crippen LogP contribution >= 0.6 is 0 Å². The van der Waals surface area contributed by atoms with E-state index in [1.165, 1.54) is 6.08 Å². The van der Waals surface area contributed by atoms with Crippen molar-refractivity contribution < 1.29 is 17.9 Å². The van der Waals surface area contributed by atoms with E-state index in [0.29, 0.717) is 6.42 Å². The van der Waals surface area contributed by atoms with E-state index in [4.69, 9.17) is 4.74 Å². The number of rotatable bonds is 9. The van der Waals surface area contributed by atoms with Crippen LogP contribution in [0.4, 0.5) is 0 Å². The fraction of sp³-hybridized carbons (Fsp3) is 0.364. The van der Waals surface area contributed by atoms with Crippen LogP contribution in [0.1, 0.15) is 37.4 Å². The lowest BCUT2D eigenvalue weighted by Gasteiger charge is -2.09. The molecule has 9 heteroatoms. The number of sulfonamides is 1. The van der Waals surface area contributed by atoms with Crippen LogP contribution in [0.15, 0.2) is 36.5 Å².